The third-order valence-electron chi connectivity index (χ3n) is 3.98. The SMILES string of the molecule is COCCOc1nc(N/N=C/c2cccc(C)c2)cc(N2CCOCC2)n1.[Cl-]. The highest BCUT2D eigenvalue weighted by molar-refractivity contribution is 5.80. The Hall–Kier alpha value is -2.42. The summed E-state index contributed by atoms with van der Waals surface area (Å²) in [5.74, 6) is 1.36. The van der Waals surface area contributed by atoms with E-state index in [1.54, 1.807) is 13.3 Å². The van der Waals surface area contributed by atoms with Gasteiger partial charge in [-0.05, 0) is 12.5 Å². The van der Waals surface area contributed by atoms with Gasteiger partial charge in [0.2, 0.25) is 0 Å². The number of ether oxygens (including phenoxy) is 3. The van der Waals surface area contributed by atoms with Gasteiger partial charge in [0.25, 0.3) is 0 Å². The van der Waals surface area contributed by atoms with E-state index in [1.165, 1.54) is 5.56 Å². The number of nitrogens with zero attached hydrogens (tertiary/aromatic N) is 4. The molecule has 1 N–H and O–H groups in total. The number of anilines is 2. The van der Waals surface area contributed by atoms with Crippen LogP contribution < -0.4 is 27.5 Å². The van der Waals surface area contributed by atoms with Crippen molar-refractivity contribution in [2.75, 3.05) is 57.0 Å². The zero-order chi connectivity index (χ0) is 18.9. The van der Waals surface area contributed by atoms with Gasteiger partial charge in [0.15, 0.2) is 5.82 Å². The number of benzene rings is 1. The van der Waals surface area contributed by atoms with Crippen molar-refractivity contribution in [1.29, 1.82) is 0 Å². The van der Waals surface area contributed by atoms with Gasteiger partial charge in [-0.1, -0.05) is 29.8 Å². The molecule has 3 rings (SSSR count). The molecule has 0 aliphatic carbocycles. The van der Waals surface area contributed by atoms with Crippen LogP contribution in [0.25, 0.3) is 0 Å². The van der Waals surface area contributed by atoms with Crippen molar-refractivity contribution in [3.05, 3.63) is 41.5 Å². The van der Waals surface area contributed by atoms with Crippen molar-refractivity contribution in [3.8, 4) is 6.01 Å². The van der Waals surface area contributed by atoms with Crippen molar-refractivity contribution >= 4 is 17.9 Å². The van der Waals surface area contributed by atoms with Crippen LogP contribution in [0, 0.1) is 6.92 Å². The minimum absolute atomic E-state index is 0. The fourth-order valence-corrected chi connectivity index (χ4v) is 2.63. The molecule has 152 valence electrons. The molecule has 8 nitrogen and oxygen atoms in total. The maximum atomic E-state index is 5.60. The van der Waals surface area contributed by atoms with Crippen molar-refractivity contribution < 1.29 is 26.6 Å². The summed E-state index contributed by atoms with van der Waals surface area (Å²) in [6, 6.07) is 10.3. The lowest BCUT2D eigenvalue weighted by atomic mass is 10.2. The van der Waals surface area contributed by atoms with Crippen LogP contribution in [0.15, 0.2) is 35.4 Å². The van der Waals surface area contributed by atoms with Crippen LogP contribution in [-0.2, 0) is 9.47 Å². The van der Waals surface area contributed by atoms with Crippen LogP contribution >= 0.6 is 0 Å². The van der Waals surface area contributed by atoms with Crippen LogP contribution in [-0.4, -0.2) is 62.8 Å². The number of hydrogen-bond acceptors (Lipinski definition) is 8. The normalized spacial score (nSPS) is 14.0. The maximum Gasteiger partial charge on any atom is 0.320 e. The minimum atomic E-state index is 0. The number of aryl methyl sites for hydroxylation is 1. The lowest BCUT2D eigenvalue weighted by molar-refractivity contribution is -0.00000723. The van der Waals surface area contributed by atoms with Gasteiger partial charge >= 0.3 is 6.01 Å². The van der Waals surface area contributed by atoms with E-state index in [1.807, 2.05) is 31.2 Å². The number of methoxy groups -OCH3 is 1. The highest BCUT2D eigenvalue weighted by atomic mass is 35.5. The first-order valence-corrected chi connectivity index (χ1v) is 8.94. The van der Waals surface area contributed by atoms with Crippen molar-refractivity contribution in [2.24, 2.45) is 5.10 Å². The Morgan fingerprint density at radius 2 is 2.04 bits per heavy atom. The molecule has 9 heteroatoms. The Bertz CT molecular complexity index is 769. The molecule has 0 amide bonds. The van der Waals surface area contributed by atoms with Gasteiger partial charge in [-0.25, -0.2) is 0 Å². The highest BCUT2D eigenvalue weighted by Gasteiger charge is 2.15. The molecular formula is C19H25ClN5O3-. The van der Waals surface area contributed by atoms with Crippen molar-refractivity contribution in [2.45, 2.75) is 6.92 Å². The molecule has 0 bridgehead atoms. The Kier molecular flexibility index (Phi) is 8.93. The Labute approximate surface area is 171 Å². The highest BCUT2D eigenvalue weighted by Crippen LogP contribution is 2.20. The van der Waals surface area contributed by atoms with E-state index >= 15 is 0 Å². The zero-order valence-electron chi connectivity index (χ0n) is 16.1. The molecule has 0 atom stereocenters. The molecule has 1 aliphatic rings. The summed E-state index contributed by atoms with van der Waals surface area (Å²) in [7, 11) is 1.63. The van der Waals surface area contributed by atoms with E-state index in [-0.39, 0.29) is 12.4 Å². The number of aromatic nitrogens is 2. The first-order valence-electron chi connectivity index (χ1n) is 8.94. The average molecular weight is 407 g/mol. The summed E-state index contributed by atoms with van der Waals surface area (Å²) in [4.78, 5) is 11.0. The fourth-order valence-electron chi connectivity index (χ4n) is 2.63. The van der Waals surface area contributed by atoms with Crippen molar-refractivity contribution in [1.82, 2.24) is 9.97 Å². The van der Waals surface area contributed by atoms with Gasteiger partial charge in [0.1, 0.15) is 12.4 Å². The summed E-state index contributed by atoms with van der Waals surface area (Å²) < 4.78 is 16.0. The smallest absolute Gasteiger partial charge is 0.320 e. The molecular weight excluding hydrogens is 382 g/mol. The first-order chi connectivity index (χ1) is 13.2. The second-order valence-electron chi connectivity index (χ2n) is 6.12. The molecule has 0 radical (unpaired) electrons. The van der Waals surface area contributed by atoms with Gasteiger partial charge in [0.05, 0.1) is 26.0 Å². The van der Waals surface area contributed by atoms with E-state index in [4.69, 9.17) is 14.2 Å². The molecule has 0 spiro atoms. The Morgan fingerprint density at radius 1 is 1.21 bits per heavy atom. The summed E-state index contributed by atoms with van der Waals surface area (Å²) >= 11 is 0. The Morgan fingerprint density at radius 3 is 2.79 bits per heavy atom. The van der Waals surface area contributed by atoms with Gasteiger partial charge in [-0.3, -0.25) is 5.43 Å². The maximum absolute atomic E-state index is 5.60. The standard InChI is InChI=1S/C19H25N5O3.ClH/c1-15-4-3-5-16(12-15)14-20-23-17-13-18(24-6-8-26-9-7-24)22-19(21-17)27-11-10-25-2;/h3-5,12-14H,6-11H2,1-2H3,(H,21,22,23);1H/p-1/b20-14+;. The Balaban J connectivity index is 0.00000280. The van der Waals surface area contributed by atoms with Gasteiger partial charge in [-0.2, -0.15) is 15.1 Å². The number of hydrazone groups is 1. The summed E-state index contributed by atoms with van der Waals surface area (Å²) in [5, 5.41) is 4.29. The van der Waals surface area contributed by atoms with Gasteiger partial charge < -0.3 is 31.5 Å². The molecule has 0 saturated carbocycles. The predicted octanol–water partition coefficient (Wildman–Crippen LogP) is -0.903. The minimum Gasteiger partial charge on any atom is -1.00 e. The van der Waals surface area contributed by atoms with E-state index in [2.05, 4.69) is 31.5 Å². The van der Waals surface area contributed by atoms with Crippen molar-refractivity contribution in [3.63, 3.8) is 0 Å². The van der Waals surface area contributed by atoms with E-state index < -0.39 is 0 Å². The quantitative estimate of drug-likeness (QED) is 0.345. The lowest BCUT2D eigenvalue weighted by Crippen LogP contribution is -3.00. The van der Waals surface area contributed by atoms with Gasteiger partial charge in [-0.15, -0.1) is 0 Å². The summed E-state index contributed by atoms with van der Waals surface area (Å²) in [6.45, 7) is 5.82. The lowest BCUT2D eigenvalue weighted by Gasteiger charge is -2.28. The molecule has 0 unspecified atom stereocenters. The fraction of sp³-hybridized carbons (Fsp3) is 0.421. The molecule has 2 aromatic rings. The molecule has 28 heavy (non-hydrogen) atoms. The van der Waals surface area contributed by atoms with E-state index in [9.17, 15) is 0 Å². The molecule has 1 aromatic heterocycles. The van der Waals surface area contributed by atoms with Crippen LogP contribution in [0.3, 0.4) is 0 Å². The number of halogens is 1. The first kappa shape index (κ1) is 21.9. The van der Waals surface area contributed by atoms with Crippen LogP contribution in [0.2, 0.25) is 0 Å². The number of nitrogens with one attached hydrogen (secondary N) is 1. The van der Waals surface area contributed by atoms with E-state index in [0.29, 0.717) is 38.3 Å². The molecule has 2 heterocycles. The molecule has 1 saturated heterocycles. The summed E-state index contributed by atoms with van der Waals surface area (Å²) in [6.07, 6.45) is 1.76. The zero-order valence-corrected chi connectivity index (χ0v) is 16.9. The number of hydrogen-bond donors (Lipinski definition) is 1. The molecule has 1 aliphatic heterocycles. The third-order valence-corrected chi connectivity index (χ3v) is 3.98. The third kappa shape index (κ3) is 6.63. The van der Waals surface area contributed by atoms with Crippen LogP contribution in [0.1, 0.15) is 11.1 Å². The monoisotopic (exact) mass is 406 g/mol. The van der Waals surface area contributed by atoms with Crippen LogP contribution in [0.4, 0.5) is 11.6 Å². The average Bonchev–Trinajstić information content (AvgIpc) is 2.69. The summed E-state index contributed by atoms with van der Waals surface area (Å²) in [5.41, 5.74) is 5.17. The van der Waals surface area contributed by atoms with Gasteiger partial charge in [0, 0.05) is 26.3 Å². The molecule has 1 fully saturated rings. The van der Waals surface area contributed by atoms with E-state index in [0.717, 1.165) is 24.5 Å². The second kappa shape index (κ2) is 11.4. The second-order valence-corrected chi connectivity index (χ2v) is 6.12. The topological polar surface area (TPSA) is 81.1 Å². The van der Waals surface area contributed by atoms with Crippen LogP contribution in [0.5, 0.6) is 6.01 Å². The number of morpholine rings is 1. The predicted molar refractivity (Wildman–Crippen MR) is 105 cm³/mol. The largest absolute Gasteiger partial charge is 1.00 e. The molecule has 1 aromatic carbocycles. The number of rotatable bonds is 8.